The fraction of sp³-hybridized carbons (Fsp3) is 0.333. The van der Waals surface area contributed by atoms with Crippen LogP contribution < -0.4 is 23.8 Å². The van der Waals surface area contributed by atoms with Crippen LogP contribution in [0.15, 0.2) is 54.6 Å². The number of carboxylic acid groups (broad SMARTS) is 1. The highest BCUT2D eigenvalue weighted by molar-refractivity contribution is 5.99. The van der Waals surface area contributed by atoms with Crippen LogP contribution in [-0.2, 0) is 27.3 Å². The van der Waals surface area contributed by atoms with Gasteiger partial charge in [-0.15, -0.1) is 0 Å². The summed E-state index contributed by atoms with van der Waals surface area (Å²) < 4.78 is 28.5. The number of fused-ring (bicyclic) bond motifs is 1. The van der Waals surface area contributed by atoms with Crippen molar-refractivity contribution in [2.45, 2.75) is 38.5 Å². The number of carboxylic acids is 1. The van der Waals surface area contributed by atoms with Gasteiger partial charge in [-0.1, -0.05) is 31.2 Å². The summed E-state index contributed by atoms with van der Waals surface area (Å²) >= 11 is 0. The van der Waals surface area contributed by atoms with Crippen molar-refractivity contribution in [3.63, 3.8) is 0 Å². The van der Waals surface area contributed by atoms with Crippen LogP contribution >= 0.6 is 0 Å². The molecule has 0 saturated heterocycles. The van der Waals surface area contributed by atoms with Gasteiger partial charge in [0.05, 0.1) is 47.1 Å². The highest BCUT2D eigenvalue weighted by Crippen LogP contribution is 2.45. The molecule has 1 amide bonds. The number of aliphatic carboxylic acids is 1. The third kappa shape index (κ3) is 5.63. The van der Waals surface area contributed by atoms with Crippen LogP contribution in [-0.4, -0.2) is 51.5 Å². The van der Waals surface area contributed by atoms with Gasteiger partial charge in [-0.2, -0.15) is 0 Å². The van der Waals surface area contributed by atoms with E-state index in [0.29, 0.717) is 34.2 Å². The second-order valence-electron chi connectivity index (χ2n) is 9.03. The van der Waals surface area contributed by atoms with E-state index in [-0.39, 0.29) is 6.54 Å². The first-order chi connectivity index (χ1) is 18.8. The number of amides is 1. The lowest BCUT2D eigenvalue weighted by Crippen LogP contribution is -2.40. The number of benzene rings is 3. The number of anilines is 1. The summed E-state index contributed by atoms with van der Waals surface area (Å²) in [5, 5.41) is 9.70. The second-order valence-corrected chi connectivity index (χ2v) is 9.03. The molecule has 1 aliphatic rings. The van der Waals surface area contributed by atoms with Gasteiger partial charge in [0.1, 0.15) is 23.7 Å². The van der Waals surface area contributed by atoms with Gasteiger partial charge in [0, 0.05) is 22.8 Å². The molecule has 3 aromatic carbocycles. The number of carbonyl (C=O) groups excluding carboxylic acids is 1. The molecule has 9 heteroatoms. The molecule has 0 spiro atoms. The summed E-state index contributed by atoms with van der Waals surface area (Å²) in [6.45, 7) is 2.17. The predicted octanol–water partition coefficient (Wildman–Crippen LogP) is 4.78. The molecular weight excluding hydrogens is 502 g/mol. The maximum Gasteiger partial charge on any atom is 0.306 e. The van der Waals surface area contributed by atoms with Crippen LogP contribution in [0.3, 0.4) is 0 Å². The van der Waals surface area contributed by atoms with Gasteiger partial charge < -0.3 is 33.7 Å². The number of aryl methyl sites for hydroxylation is 1. The van der Waals surface area contributed by atoms with E-state index in [1.54, 1.807) is 44.4 Å². The average Bonchev–Trinajstić information content (AvgIpc) is 3.06. The van der Waals surface area contributed by atoms with Gasteiger partial charge in [0.25, 0.3) is 5.91 Å². The lowest BCUT2D eigenvalue weighted by molar-refractivity contribution is -0.147. The average molecular weight is 536 g/mol. The summed E-state index contributed by atoms with van der Waals surface area (Å²) in [6.07, 6.45) is -1.81. The second kappa shape index (κ2) is 12.1. The zero-order valence-electron chi connectivity index (χ0n) is 22.7. The summed E-state index contributed by atoms with van der Waals surface area (Å²) in [7, 11) is 6.18. The third-order valence-corrected chi connectivity index (χ3v) is 6.81. The molecule has 0 bridgehead atoms. The summed E-state index contributed by atoms with van der Waals surface area (Å²) in [5.41, 5.74) is 3.71. The van der Waals surface area contributed by atoms with E-state index in [4.69, 9.17) is 23.7 Å². The molecule has 206 valence electrons. The van der Waals surface area contributed by atoms with Gasteiger partial charge in [0.15, 0.2) is 11.5 Å². The van der Waals surface area contributed by atoms with E-state index in [9.17, 15) is 14.7 Å². The Hall–Kier alpha value is -4.24. The third-order valence-electron chi connectivity index (χ3n) is 6.81. The van der Waals surface area contributed by atoms with Crippen LogP contribution in [0.25, 0.3) is 0 Å². The number of nitrogens with zero attached hydrogens (tertiary/aromatic N) is 1. The number of rotatable bonds is 10. The number of hydrogen-bond acceptors (Lipinski definition) is 7. The number of methoxy groups -OCH3 is 4. The molecule has 9 nitrogen and oxygen atoms in total. The minimum absolute atomic E-state index is 0.131. The molecule has 2 atom stereocenters. The number of carbonyl (C=O) groups is 2. The van der Waals surface area contributed by atoms with Crippen LogP contribution in [0.4, 0.5) is 5.69 Å². The van der Waals surface area contributed by atoms with Crippen molar-refractivity contribution >= 4 is 17.6 Å². The quantitative estimate of drug-likeness (QED) is 0.396. The minimum Gasteiger partial charge on any atom is -0.497 e. The van der Waals surface area contributed by atoms with Crippen LogP contribution in [0.5, 0.6) is 23.0 Å². The molecule has 1 aliphatic heterocycles. The SMILES string of the molecule is CCc1ccc2c(c1)C(c1cccc(OC)c1OC)OC(CC(=O)O)C(=O)N2Cc1ccc(OC)cc1OC. The lowest BCUT2D eigenvalue weighted by Gasteiger charge is -2.26. The van der Waals surface area contributed by atoms with Crippen molar-refractivity contribution in [2.75, 3.05) is 33.3 Å². The van der Waals surface area contributed by atoms with E-state index in [0.717, 1.165) is 23.1 Å². The molecule has 39 heavy (non-hydrogen) atoms. The Morgan fingerprint density at radius 2 is 1.69 bits per heavy atom. The largest absolute Gasteiger partial charge is 0.497 e. The summed E-state index contributed by atoms with van der Waals surface area (Å²) in [4.78, 5) is 27.4. The summed E-state index contributed by atoms with van der Waals surface area (Å²) in [5.74, 6) is 0.488. The summed E-state index contributed by atoms with van der Waals surface area (Å²) in [6, 6.07) is 16.6. The molecule has 0 aromatic heterocycles. The molecule has 1 N–H and O–H groups in total. The number of para-hydroxylation sites is 1. The predicted molar refractivity (Wildman–Crippen MR) is 145 cm³/mol. The van der Waals surface area contributed by atoms with Crippen molar-refractivity contribution in [2.24, 2.45) is 0 Å². The molecular formula is C30H33NO8. The maximum absolute atomic E-state index is 14.0. The molecule has 1 heterocycles. The maximum atomic E-state index is 14.0. The minimum atomic E-state index is -1.26. The monoisotopic (exact) mass is 535 g/mol. The fourth-order valence-corrected chi connectivity index (χ4v) is 4.84. The van der Waals surface area contributed by atoms with E-state index < -0.39 is 30.5 Å². The van der Waals surface area contributed by atoms with Crippen LogP contribution in [0.2, 0.25) is 0 Å². The molecule has 2 unspecified atom stereocenters. The van der Waals surface area contributed by atoms with Crippen LogP contribution in [0.1, 0.15) is 41.7 Å². The van der Waals surface area contributed by atoms with E-state index >= 15 is 0 Å². The van der Waals surface area contributed by atoms with Gasteiger partial charge in [-0.3, -0.25) is 9.59 Å². The Balaban J connectivity index is 1.93. The normalized spacial score (nSPS) is 16.7. The topological polar surface area (TPSA) is 104 Å². The first-order valence-electron chi connectivity index (χ1n) is 12.6. The molecule has 3 aromatic rings. The van der Waals surface area contributed by atoms with Crippen molar-refractivity contribution in [3.05, 3.63) is 76.9 Å². The molecule has 0 saturated carbocycles. The molecule has 4 rings (SSSR count). The Kier molecular flexibility index (Phi) is 8.61. The van der Waals surface area contributed by atoms with Crippen molar-refractivity contribution in [1.82, 2.24) is 0 Å². The van der Waals surface area contributed by atoms with E-state index in [1.165, 1.54) is 7.11 Å². The standard InChI is InChI=1S/C30H33NO8/c1-6-18-10-13-23-22(14-18)28(21-8-7-9-24(36-3)29(21)38-5)39-26(16-27(32)33)30(34)31(23)17-19-11-12-20(35-2)15-25(19)37-4/h7-15,26,28H,6,16-17H2,1-5H3,(H,32,33). The number of hydrogen-bond donors (Lipinski definition) is 1. The highest BCUT2D eigenvalue weighted by atomic mass is 16.5. The Bertz CT molecular complexity index is 1350. The Morgan fingerprint density at radius 3 is 2.33 bits per heavy atom. The van der Waals surface area contributed by atoms with Gasteiger partial charge in [-0.25, -0.2) is 0 Å². The lowest BCUT2D eigenvalue weighted by atomic mass is 9.95. The van der Waals surface area contributed by atoms with Crippen molar-refractivity contribution in [3.8, 4) is 23.0 Å². The van der Waals surface area contributed by atoms with Crippen molar-refractivity contribution in [1.29, 1.82) is 0 Å². The first kappa shape index (κ1) is 27.8. The number of ether oxygens (including phenoxy) is 5. The molecule has 0 radical (unpaired) electrons. The Morgan fingerprint density at radius 1 is 0.923 bits per heavy atom. The van der Waals surface area contributed by atoms with Gasteiger partial charge >= 0.3 is 5.97 Å². The van der Waals surface area contributed by atoms with Crippen LogP contribution in [0, 0.1) is 0 Å². The van der Waals surface area contributed by atoms with Crippen molar-refractivity contribution < 1.29 is 38.4 Å². The zero-order chi connectivity index (χ0) is 28.1. The zero-order valence-corrected chi connectivity index (χ0v) is 22.7. The van der Waals surface area contributed by atoms with Gasteiger partial charge in [0.2, 0.25) is 0 Å². The molecule has 0 aliphatic carbocycles. The highest BCUT2D eigenvalue weighted by Gasteiger charge is 2.39. The smallest absolute Gasteiger partial charge is 0.306 e. The van der Waals surface area contributed by atoms with Gasteiger partial charge in [-0.05, 0) is 36.2 Å². The fourth-order valence-electron chi connectivity index (χ4n) is 4.84. The Labute approximate surface area is 227 Å². The molecule has 0 fully saturated rings. The van der Waals surface area contributed by atoms with E-state index in [2.05, 4.69) is 0 Å². The first-order valence-corrected chi connectivity index (χ1v) is 12.6. The van der Waals surface area contributed by atoms with E-state index in [1.807, 2.05) is 43.3 Å².